The SMILES string of the molecule is CC(C)n1cc(Br)cc1C(=O)N1CCc2ccccc2C1. The van der Waals surface area contributed by atoms with Crippen molar-refractivity contribution >= 4 is 21.8 Å². The van der Waals surface area contributed by atoms with Crippen molar-refractivity contribution < 1.29 is 4.79 Å². The molecule has 0 N–H and O–H groups in total. The van der Waals surface area contributed by atoms with Crippen molar-refractivity contribution in [2.75, 3.05) is 6.54 Å². The molecule has 1 aromatic carbocycles. The van der Waals surface area contributed by atoms with Crippen LogP contribution in [0.5, 0.6) is 0 Å². The van der Waals surface area contributed by atoms with E-state index in [2.05, 4.69) is 48.0 Å². The molecule has 1 aromatic heterocycles. The third-order valence-electron chi connectivity index (χ3n) is 4.01. The van der Waals surface area contributed by atoms with Gasteiger partial charge < -0.3 is 9.47 Å². The summed E-state index contributed by atoms with van der Waals surface area (Å²) in [5.74, 6) is 0.115. The third kappa shape index (κ3) is 2.77. The van der Waals surface area contributed by atoms with Crippen molar-refractivity contribution in [1.29, 1.82) is 0 Å². The molecule has 2 aromatic rings. The molecule has 0 atom stereocenters. The van der Waals surface area contributed by atoms with E-state index in [1.54, 1.807) is 0 Å². The van der Waals surface area contributed by atoms with Gasteiger partial charge in [-0.15, -0.1) is 0 Å². The third-order valence-corrected chi connectivity index (χ3v) is 4.44. The van der Waals surface area contributed by atoms with Gasteiger partial charge in [0.25, 0.3) is 5.91 Å². The highest BCUT2D eigenvalue weighted by Gasteiger charge is 2.24. The first kappa shape index (κ1) is 14.4. The molecule has 0 unspecified atom stereocenters. The van der Waals surface area contributed by atoms with E-state index in [4.69, 9.17) is 0 Å². The Morgan fingerprint density at radius 1 is 1.24 bits per heavy atom. The number of aromatic nitrogens is 1. The lowest BCUT2D eigenvalue weighted by molar-refractivity contribution is 0.0722. The molecule has 0 radical (unpaired) electrons. The zero-order chi connectivity index (χ0) is 15.0. The molecule has 0 saturated carbocycles. The minimum atomic E-state index is 0.115. The average molecular weight is 347 g/mol. The second-order valence-corrected chi connectivity index (χ2v) is 6.71. The molecular formula is C17H19BrN2O. The van der Waals surface area contributed by atoms with Gasteiger partial charge in [-0.2, -0.15) is 0 Å². The molecule has 4 heteroatoms. The summed E-state index contributed by atoms with van der Waals surface area (Å²) in [6.45, 7) is 5.68. The minimum Gasteiger partial charge on any atom is -0.340 e. The van der Waals surface area contributed by atoms with Gasteiger partial charge in [0.2, 0.25) is 0 Å². The zero-order valence-corrected chi connectivity index (χ0v) is 13.9. The Kier molecular flexibility index (Phi) is 3.89. The van der Waals surface area contributed by atoms with Crippen molar-refractivity contribution in [2.45, 2.75) is 32.9 Å². The predicted molar refractivity (Wildman–Crippen MR) is 87.4 cm³/mol. The van der Waals surface area contributed by atoms with Gasteiger partial charge in [0.05, 0.1) is 0 Å². The Labute approximate surface area is 133 Å². The minimum absolute atomic E-state index is 0.115. The number of hydrogen-bond donors (Lipinski definition) is 0. The molecule has 1 aliphatic heterocycles. The van der Waals surface area contributed by atoms with Crippen LogP contribution >= 0.6 is 15.9 Å². The first-order valence-corrected chi connectivity index (χ1v) is 8.09. The van der Waals surface area contributed by atoms with Gasteiger partial charge in [-0.05, 0) is 53.4 Å². The van der Waals surface area contributed by atoms with Crippen LogP contribution in [0.1, 0.15) is 41.5 Å². The van der Waals surface area contributed by atoms with Crippen LogP contribution in [0, 0.1) is 0 Å². The Morgan fingerprint density at radius 3 is 2.67 bits per heavy atom. The highest BCUT2D eigenvalue weighted by molar-refractivity contribution is 9.10. The zero-order valence-electron chi connectivity index (χ0n) is 12.3. The molecule has 0 aliphatic carbocycles. The van der Waals surface area contributed by atoms with Gasteiger partial charge in [0, 0.05) is 29.8 Å². The highest BCUT2D eigenvalue weighted by Crippen LogP contribution is 2.24. The van der Waals surface area contributed by atoms with E-state index in [1.807, 2.05) is 27.8 Å². The number of amides is 1. The number of hydrogen-bond acceptors (Lipinski definition) is 1. The summed E-state index contributed by atoms with van der Waals surface area (Å²) < 4.78 is 2.99. The Balaban J connectivity index is 1.87. The van der Waals surface area contributed by atoms with Crippen molar-refractivity contribution in [3.05, 3.63) is 57.8 Å². The number of nitrogens with zero attached hydrogens (tertiary/aromatic N) is 2. The second kappa shape index (κ2) is 5.68. The summed E-state index contributed by atoms with van der Waals surface area (Å²) in [5, 5.41) is 0. The number of rotatable bonds is 2. The summed E-state index contributed by atoms with van der Waals surface area (Å²) in [7, 11) is 0. The normalized spacial score (nSPS) is 14.4. The fourth-order valence-electron chi connectivity index (χ4n) is 2.88. The molecule has 1 aliphatic rings. The lowest BCUT2D eigenvalue weighted by Gasteiger charge is -2.29. The van der Waals surface area contributed by atoms with Gasteiger partial charge in [0.15, 0.2) is 0 Å². The van der Waals surface area contributed by atoms with Crippen LogP contribution in [-0.2, 0) is 13.0 Å². The topological polar surface area (TPSA) is 25.2 Å². The van der Waals surface area contributed by atoms with Gasteiger partial charge >= 0.3 is 0 Å². The predicted octanol–water partition coefficient (Wildman–Crippen LogP) is 4.03. The molecule has 0 spiro atoms. The summed E-state index contributed by atoms with van der Waals surface area (Å²) in [6, 6.07) is 10.6. The van der Waals surface area contributed by atoms with Crippen LogP contribution in [-0.4, -0.2) is 21.9 Å². The molecule has 0 fully saturated rings. The van der Waals surface area contributed by atoms with Crippen LogP contribution in [0.25, 0.3) is 0 Å². The maximum Gasteiger partial charge on any atom is 0.270 e. The maximum absolute atomic E-state index is 12.8. The van der Waals surface area contributed by atoms with Gasteiger partial charge in [-0.25, -0.2) is 0 Å². The van der Waals surface area contributed by atoms with Crippen molar-refractivity contribution in [3.8, 4) is 0 Å². The highest BCUT2D eigenvalue weighted by atomic mass is 79.9. The molecule has 0 bridgehead atoms. The first-order chi connectivity index (χ1) is 10.1. The Bertz CT molecular complexity index is 675. The van der Waals surface area contributed by atoms with Crippen LogP contribution in [0.3, 0.4) is 0 Å². The van der Waals surface area contributed by atoms with Crippen LogP contribution in [0.15, 0.2) is 41.0 Å². The van der Waals surface area contributed by atoms with E-state index in [0.717, 1.165) is 23.1 Å². The van der Waals surface area contributed by atoms with E-state index < -0.39 is 0 Å². The molecular weight excluding hydrogens is 328 g/mol. The van der Waals surface area contributed by atoms with Crippen molar-refractivity contribution in [3.63, 3.8) is 0 Å². The smallest absolute Gasteiger partial charge is 0.270 e. The van der Waals surface area contributed by atoms with E-state index in [-0.39, 0.29) is 11.9 Å². The Hall–Kier alpha value is -1.55. The maximum atomic E-state index is 12.8. The number of carbonyl (C=O) groups is 1. The van der Waals surface area contributed by atoms with Gasteiger partial charge in [-0.1, -0.05) is 24.3 Å². The molecule has 110 valence electrons. The monoisotopic (exact) mass is 346 g/mol. The molecule has 1 amide bonds. The van der Waals surface area contributed by atoms with Crippen molar-refractivity contribution in [1.82, 2.24) is 9.47 Å². The fourth-order valence-corrected chi connectivity index (χ4v) is 3.31. The summed E-state index contributed by atoms with van der Waals surface area (Å²) in [6.07, 6.45) is 2.92. The standard InChI is InChI=1S/C17H19BrN2O/c1-12(2)20-11-15(18)9-16(20)17(21)19-8-7-13-5-3-4-6-14(13)10-19/h3-6,9,11-12H,7-8,10H2,1-2H3. The van der Waals surface area contributed by atoms with Gasteiger partial charge in [0.1, 0.15) is 5.69 Å². The number of benzene rings is 1. The van der Waals surface area contributed by atoms with E-state index in [0.29, 0.717) is 6.54 Å². The number of carbonyl (C=O) groups excluding carboxylic acids is 1. The molecule has 0 saturated heterocycles. The number of fused-ring (bicyclic) bond motifs is 1. The van der Waals surface area contributed by atoms with E-state index in [1.165, 1.54) is 11.1 Å². The molecule has 21 heavy (non-hydrogen) atoms. The summed E-state index contributed by atoms with van der Waals surface area (Å²) >= 11 is 3.48. The van der Waals surface area contributed by atoms with Gasteiger partial charge in [-0.3, -0.25) is 4.79 Å². The van der Waals surface area contributed by atoms with Crippen LogP contribution < -0.4 is 0 Å². The molecule has 3 nitrogen and oxygen atoms in total. The quantitative estimate of drug-likeness (QED) is 0.805. The lowest BCUT2D eigenvalue weighted by Crippen LogP contribution is -2.37. The largest absolute Gasteiger partial charge is 0.340 e. The van der Waals surface area contributed by atoms with Crippen LogP contribution in [0.4, 0.5) is 0 Å². The van der Waals surface area contributed by atoms with Crippen molar-refractivity contribution in [2.24, 2.45) is 0 Å². The number of halogens is 1. The molecule has 2 heterocycles. The Morgan fingerprint density at radius 2 is 1.95 bits per heavy atom. The fraction of sp³-hybridized carbons (Fsp3) is 0.353. The van der Waals surface area contributed by atoms with E-state index >= 15 is 0 Å². The lowest BCUT2D eigenvalue weighted by atomic mass is 10.00. The second-order valence-electron chi connectivity index (χ2n) is 5.79. The summed E-state index contributed by atoms with van der Waals surface area (Å²) in [5.41, 5.74) is 3.39. The first-order valence-electron chi connectivity index (χ1n) is 7.29. The molecule has 3 rings (SSSR count). The average Bonchev–Trinajstić information content (AvgIpc) is 2.88. The van der Waals surface area contributed by atoms with Crippen LogP contribution in [0.2, 0.25) is 0 Å². The van der Waals surface area contributed by atoms with E-state index in [9.17, 15) is 4.79 Å². The summed E-state index contributed by atoms with van der Waals surface area (Å²) in [4.78, 5) is 14.8.